The van der Waals surface area contributed by atoms with Gasteiger partial charge in [0, 0.05) is 25.0 Å². The van der Waals surface area contributed by atoms with Crippen molar-refractivity contribution in [1.29, 1.82) is 0 Å². The minimum atomic E-state index is -1.33. The quantitative estimate of drug-likeness (QED) is 0.136. The van der Waals surface area contributed by atoms with Crippen molar-refractivity contribution in [3.8, 4) is 5.75 Å². The van der Waals surface area contributed by atoms with Gasteiger partial charge >= 0.3 is 11.9 Å². The van der Waals surface area contributed by atoms with E-state index in [0.29, 0.717) is 11.1 Å². The molecule has 4 atom stereocenters. The zero-order valence-electron chi connectivity index (χ0n) is 20.9. The van der Waals surface area contributed by atoms with E-state index in [2.05, 4.69) is 28.6 Å². The maximum atomic E-state index is 13.2. The third kappa shape index (κ3) is 10.7. The number of phenolic OH excluding ortho intramolecular Hbond substituents is 1. The van der Waals surface area contributed by atoms with E-state index in [1.54, 1.807) is 30.3 Å². The molecule has 0 heterocycles. The van der Waals surface area contributed by atoms with Crippen LogP contribution in [-0.2, 0) is 36.8 Å². The molecule has 210 valence electrons. The summed E-state index contributed by atoms with van der Waals surface area (Å²) in [6, 6.07) is 9.66. The first kappa shape index (κ1) is 31.1. The predicted octanol–water partition coefficient (Wildman–Crippen LogP) is -0.162. The van der Waals surface area contributed by atoms with Gasteiger partial charge in [-0.2, -0.15) is 12.6 Å². The van der Waals surface area contributed by atoms with Crippen molar-refractivity contribution >= 4 is 42.3 Å². The van der Waals surface area contributed by atoms with E-state index >= 15 is 0 Å². The highest BCUT2D eigenvalue weighted by atomic mass is 32.1. The second-order valence-electron chi connectivity index (χ2n) is 8.80. The number of aromatic hydroxyl groups is 1. The minimum absolute atomic E-state index is 0.00695. The number of carbonyl (C=O) groups is 5. The zero-order chi connectivity index (χ0) is 28.9. The van der Waals surface area contributed by atoms with Crippen LogP contribution in [0.25, 0.3) is 0 Å². The normalized spacial score (nSPS) is 13.8. The molecule has 2 aromatic carbocycles. The standard InChI is InChI=1S/C26H32N4O8S/c27-18(10-11-22(32)33)23(34)28-19(12-15-4-2-1-3-5-15)24(35)30-21(14-39)25(36)29-20(26(37)38)13-16-6-8-17(31)9-7-16/h1-9,18-21,31,39H,10-14,27H2,(H,28,34)(H,29,36)(H,30,35)(H,32,33)(H,37,38). The van der Waals surface area contributed by atoms with Gasteiger partial charge in [0.2, 0.25) is 17.7 Å². The van der Waals surface area contributed by atoms with E-state index in [4.69, 9.17) is 10.8 Å². The molecule has 12 nitrogen and oxygen atoms in total. The van der Waals surface area contributed by atoms with Gasteiger partial charge in [-0.3, -0.25) is 19.2 Å². The van der Waals surface area contributed by atoms with Crippen molar-refractivity contribution in [3.05, 3.63) is 65.7 Å². The number of carboxylic acids is 2. The summed E-state index contributed by atoms with van der Waals surface area (Å²) in [7, 11) is 0. The highest BCUT2D eigenvalue weighted by Gasteiger charge is 2.30. The number of hydrogen-bond donors (Lipinski definition) is 8. The Morgan fingerprint density at radius 3 is 1.82 bits per heavy atom. The Morgan fingerprint density at radius 1 is 0.744 bits per heavy atom. The van der Waals surface area contributed by atoms with Crippen molar-refractivity contribution < 1.29 is 39.3 Å². The first-order valence-electron chi connectivity index (χ1n) is 12.0. The smallest absolute Gasteiger partial charge is 0.326 e. The number of nitrogens with one attached hydrogen (secondary N) is 3. The average molecular weight is 561 g/mol. The van der Waals surface area contributed by atoms with Crippen LogP contribution >= 0.6 is 12.6 Å². The summed E-state index contributed by atoms with van der Waals surface area (Å²) in [4.78, 5) is 61.2. The van der Waals surface area contributed by atoms with Crippen molar-refractivity contribution in [2.24, 2.45) is 5.73 Å². The molecule has 0 aromatic heterocycles. The average Bonchev–Trinajstić information content (AvgIpc) is 2.90. The number of nitrogens with two attached hydrogens (primary N) is 1. The van der Waals surface area contributed by atoms with Gasteiger partial charge in [0.15, 0.2) is 0 Å². The van der Waals surface area contributed by atoms with Crippen LogP contribution in [0.15, 0.2) is 54.6 Å². The van der Waals surface area contributed by atoms with E-state index in [-0.39, 0.29) is 37.2 Å². The topological polar surface area (TPSA) is 208 Å². The molecular formula is C26H32N4O8S. The second kappa shape index (κ2) is 15.3. The molecule has 0 radical (unpaired) electrons. The molecule has 0 aliphatic heterocycles. The van der Waals surface area contributed by atoms with Crippen LogP contribution in [0.4, 0.5) is 0 Å². The molecule has 3 amide bonds. The Kier molecular flexibility index (Phi) is 12.2. The molecule has 0 aliphatic carbocycles. The first-order chi connectivity index (χ1) is 18.5. The van der Waals surface area contributed by atoms with Crippen LogP contribution in [0.2, 0.25) is 0 Å². The molecule has 8 N–H and O–H groups in total. The Hall–Kier alpha value is -4.10. The lowest BCUT2D eigenvalue weighted by atomic mass is 10.0. The van der Waals surface area contributed by atoms with E-state index in [9.17, 15) is 34.2 Å². The summed E-state index contributed by atoms with van der Waals surface area (Å²) in [6.45, 7) is 0. The number of benzene rings is 2. The largest absolute Gasteiger partial charge is 0.508 e. The monoisotopic (exact) mass is 560 g/mol. The van der Waals surface area contributed by atoms with Gasteiger partial charge in [-0.1, -0.05) is 42.5 Å². The Morgan fingerprint density at radius 2 is 1.26 bits per heavy atom. The highest BCUT2D eigenvalue weighted by Crippen LogP contribution is 2.12. The van der Waals surface area contributed by atoms with Gasteiger partial charge in [-0.05, 0) is 29.7 Å². The highest BCUT2D eigenvalue weighted by molar-refractivity contribution is 7.80. The number of amides is 3. The number of rotatable bonds is 15. The fourth-order valence-electron chi connectivity index (χ4n) is 3.55. The summed E-state index contributed by atoms with van der Waals surface area (Å²) in [5.74, 6) is -4.86. The van der Waals surface area contributed by atoms with Crippen molar-refractivity contribution in [1.82, 2.24) is 16.0 Å². The summed E-state index contributed by atoms with van der Waals surface area (Å²) in [5, 5.41) is 35.2. The van der Waals surface area contributed by atoms with Crippen LogP contribution in [0.5, 0.6) is 5.75 Å². The predicted molar refractivity (Wildman–Crippen MR) is 144 cm³/mol. The van der Waals surface area contributed by atoms with Gasteiger partial charge < -0.3 is 37.0 Å². The van der Waals surface area contributed by atoms with Crippen molar-refractivity contribution in [3.63, 3.8) is 0 Å². The van der Waals surface area contributed by atoms with Crippen LogP contribution in [0, 0.1) is 0 Å². The lowest BCUT2D eigenvalue weighted by Gasteiger charge is -2.24. The molecule has 0 saturated carbocycles. The fourth-order valence-corrected chi connectivity index (χ4v) is 3.81. The lowest BCUT2D eigenvalue weighted by molar-refractivity contribution is -0.142. The molecule has 4 unspecified atom stereocenters. The first-order valence-corrected chi connectivity index (χ1v) is 12.7. The SMILES string of the molecule is NC(CCC(=O)O)C(=O)NC(Cc1ccccc1)C(=O)NC(CS)C(=O)NC(Cc1ccc(O)cc1)C(=O)O. The van der Waals surface area contributed by atoms with Gasteiger partial charge in [-0.25, -0.2) is 4.79 Å². The fraction of sp³-hybridized carbons (Fsp3) is 0.346. The van der Waals surface area contributed by atoms with Gasteiger partial charge in [0.05, 0.1) is 6.04 Å². The summed E-state index contributed by atoms with van der Waals surface area (Å²) < 4.78 is 0. The van der Waals surface area contributed by atoms with Gasteiger partial charge in [0.1, 0.15) is 23.9 Å². The Bertz CT molecular complexity index is 1150. The maximum absolute atomic E-state index is 13.2. The summed E-state index contributed by atoms with van der Waals surface area (Å²) >= 11 is 4.12. The molecule has 0 bridgehead atoms. The number of carboxylic acid groups (broad SMARTS) is 2. The van der Waals surface area contributed by atoms with Crippen molar-refractivity contribution in [2.75, 3.05) is 5.75 Å². The molecule has 2 aromatic rings. The summed E-state index contributed by atoms with van der Waals surface area (Å²) in [6.07, 6.45) is -0.500. The van der Waals surface area contributed by atoms with Gasteiger partial charge in [0.25, 0.3) is 0 Å². The summed E-state index contributed by atoms with van der Waals surface area (Å²) in [5.41, 5.74) is 7.04. The van der Waals surface area contributed by atoms with E-state index in [1.165, 1.54) is 24.3 Å². The van der Waals surface area contributed by atoms with E-state index in [0.717, 1.165) is 0 Å². The number of phenols is 1. The third-order valence-corrected chi connectivity index (χ3v) is 6.09. The molecule has 0 fully saturated rings. The molecule has 2 rings (SSSR count). The third-order valence-electron chi connectivity index (χ3n) is 5.73. The molecular weight excluding hydrogens is 528 g/mol. The van der Waals surface area contributed by atoms with Crippen LogP contribution in [0.3, 0.4) is 0 Å². The number of hydrogen-bond acceptors (Lipinski definition) is 8. The molecule has 0 saturated heterocycles. The molecule has 0 aliphatic rings. The maximum Gasteiger partial charge on any atom is 0.326 e. The van der Waals surface area contributed by atoms with Crippen LogP contribution < -0.4 is 21.7 Å². The van der Waals surface area contributed by atoms with Crippen molar-refractivity contribution in [2.45, 2.75) is 49.9 Å². The van der Waals surface area contributed by atoms with E-state index in [1.807, 2.05) is 0 Å². The lowest BCUT2D eigenvalue weighted by Crippen LogP contribution is -2.58. The van der Waals surface area contributed by atoms with Crippen LogP contribution in [-0.4, -0.2) is 74.9 Å². The zero-order valence-corrected chi connectivity index (χ0v) is 21.8. The Labute approximate surface area is 230 Å². The molecule has 0 spiro atoms. The molecule has 13 heteroatoms. The van der Waals surface area contributed by atoms with Gasteiger partial charge in [-0.15, -0.1) is 0 Å². The number of aliphatic carboxylic acids is 2. The second-order valence-corrected chi connectivity index (χ2v) is 9.17. The number of carbonyl (C=O) groups excluding carboxylic acids is 3. The minimum Gasteiger partial charge on any atom is -0.508 e. The van der Waals surface area contributed by atoms with E-state index < -0.39 is 53.8 Å². The van der Waals surface area contributed by atoms with Crippen LogP contribution in [0.1, 0.15) is 24.0 Å². The molecule has 39 heavy (non-hydrogen) atoms. The Balaban J connectivity index is 2.12. The number of thiol groups is 1.